The van der Waals surface area contributed by atoms with Crippen molar-refractivity contribution in [3.8, 4) is 45.6 Å². The molecule has 0 saturated carbocycles. The highest BCUT2D eigenvalue weighted by Gasteiger charge is 2.29. The predicted molar refractivity (Wildman–Crippen MR) is 337 cm³/mol. The summed E-state index contributed by atoms with van der Waals surface area (Å²) in [6.07, 6.45) is 52.3. The van der Waals surface area contributed by atoms with Gasteiger partial charge >= 0.3 is 0 Å². The maximum absolute atomic E-state index is 5.59. The highest BCUT2D eigenvalue weighted by molar-refractivity contribution is 6.06. The van der Waals surface area contributed by atoms with Crippen molar-refractivity contribution in [1.29, 1.82) is 0 Å². The summed E-state index contributed by atoms with van der Waals surface area (Å²) in [5.41, 5.74) is 12.5. The molecule has 0 saturated heterocycles. The molecule has 2 N–H and O–H groups in total. The Morgan fingerprint density at radius 1 is 0.263 bits per heavy atom. The number of nitrogens with zero attached hydrogens (tertiary/aromatic N) is 8. The fourth-order valence-corrected chi connectivity index (χ4v) is 12.6. The minimum Gasteiger partial charge on any atom is -0.324 e. The van der Waals surface area contributed by atoms with Crippen LogP contribution < -0.4 is 0 Å². The number of aryl methyl sites for hydroxylation is 4. The van der Waals surface area contributed by atoms with Crippen LogP contribution in [0.2, 0.25) is 0 Å². The lowest BCUT2D eigenvalue weighted by molar-refractivity contribution is 0.575. The van der Waals surface area contributed by atoms with E-state index in [0.29, 0.717) is 34.6 Å². The van der Waals surface area contributed by atoms with Gasteiger partial charge in [0, 0.05) is 68.6 Å². The van der Waals surface area contributed by atoms with Gasteiger partial charge in [-0.1, -0.05) is 232 Å². The molecule has 0 radical (unpaired) electrons. The first-order chi connectivity index (χ1) is 39.6. The number of unbranched alkanes of at least 4 members (excludes halogenated alkanes) is 28. The van der Waals surface area contributed by atoms with Crippen molar-refractivity contribution in [3.63, 3.8) is 0 Å². The van der Waals surface area contributed by atoms with Crippen LogP contribution in [0.4, 0.5) is 0 Å². The van der Waals surface area contributed by atoms with E-state index in [2.05, 4.69) is 84.0 Å². The first kappa shape index (κ1) is 58.7. The number of benzene rings is 2. The fraction of sp³-hybridized carbons (Fsp3) is 0.571. The van der Waals surface area contributed by atoms with Crippen molar-refractivity contribution in [1.82, 2.24) is 49.8 Å². The zero-order valence-electron chi connectivity index (χ0n) is 49.8. The van der Waals surface area contributed by atoms with Gasteiger partial charge in [-0.15, -0.1) is 0 Å². The topological polar surface area (TPSA) is 135 Å². The van der Waals surface area contributed by atoms with Gasteiger partial charge in [0.05, 0.1) is 0 Å². The van der Waals surface area contributed by atoms with Crippen LogP contribution in [0.15, 0.2) is 61.2 Å². The molecule has 8 bridgehead atoms. The van der Waals surface area contributed by atoms with Crippen LogP contribution in [0.1, 0.15) is 255 Å². The Balaban J connectivity index is 1.19. The van der Waals surface area contributed by atoms with Crippen molar-refractivity contribution in [2.75, 3.05) is 0 Å². The van der Waals surface area contributed by atoms with Gasteiger partial charge in [-0.3, -0.25) is 9.97 Å². The van der Waals surface area contributed by atoms with Gasteiger partial charge in [0.25, 0.3) is 0 Å². The molecule has 2 aliphatic rings. The fourth-order valence-electron chi connectivity index (χ4n) is 12.6. The van der Waals surface area contributed by atoms with E-state index >= 15 is 0 Å². The van der Waals surface area contributed by atoms with Crippen molar-refractivity contribution in [3.05, 3.63) is 83.4 Å². The maximum Gasteiger partial charge on any atom is 0.165 e. The van der Waals surface area contributed by atoms with Crippen LogP contribution in [-0.4, -0.2) is 49.8 Å². The van der Waals surface area contributed by atoms with Gasteiger partial charge in [-0.25, -0.2) is 29.9 Å². The number of hydrogen-bond donors (Lipinski definition) is 2. The molecule has 10 heteroatoms. The Hall–Kier alpha value is -5.90. The lowest BCUT2D eigenvalue weighted by atomic mass is 9.91. The van der Waals surface area contributed by atoms with E-state index in [-0.39, 0.29) is 0 Å². The third kappa shape index (κ3) is 15.3. The van der Waals surface area contributed by atoms with Crippen LogP contribution in [0.5, 0.6) is 0 Å². The van der Waals surface area contributed by atoms with Crippen molar-refractivity contribution >= 4 is 44.1 Å². The second kappa shape index (κ2) is 31.3. The van der Waals surface area contributed by atoms with E-state index in [4.69, 9.17) is 29.9 Å². The molecular formula is C70H96N10. The van der Waals surface area contributed by atoms with Gasteiger partial charge in [0.15, 0.2) is 23.3 Å². The number of hydrogen-bond acceptors (Lipinski definition) is 8. The van der Waals surface area contributed by atoms with E-state index < -0.39 is 0 Å². The van der Waals surface area contributed by atoms with E-state index in [1.165, 1.54) is 202 Å². The van der Waals surface area contributed by atoms with Gasteiger partial charge in [0.2, 0.25) is 0 Å². The molecule has 0 aliphatic carbocycles. The molecule has 0 spiro atoms. The highest BCUT2D eigenvalue weighted by atomic mass is 15.1. The van der Waals surface area contributed by atoms with Crippen LogP contribution in [0.25, 0.3) is 89.7 Å². The van der Waals surface area contributed by atoms with E-state index in [0.717, 1.165) is 106 Å². The average molecular weight is 1080 g/mol. The summed E-state index contributed by atoms with van der Waals surface area (Å²) in [6, 6.07) is 13.7. The second-order valence-corrected chi connectivity index (χ2v) is 23.6. The molecule has 7 heterocycles. The Kier molecular flexibility index (Phi) is 23.0. The molecule has 2 aromatic carbocycles. The zero-order valence-corrected chi connectivity index (χ0v) is 49.8. The minimum atomic E-state index is 0.688. The van der Waals surface area contributed by atoms with Crippen LogP contribution >= 0.6 is 0 Å². The SMILES string of the molecule is CCCCCCCCCCc1ccc(CCCCCCCCCC)c2c1-c1nc-2nc2[nH]c(nc3nc(nc4[nH]c(n1)c1ccncc41)-c1c(CCCCCCCCCC)ccc(CCCCCCCCCC)c1-3)c1cnccc21. The number of aromatic nitrogens is 10. The molecule has 9 rings (SSSR count). The smallest absolute Gasteiger partial charge is 0.165 e. The molecule has 0 fully saturated rings. The number of aromatic amines is 2. The van der Waals surface area contributed by atoms with Gasteiger partial charge in [-0.05, 0) is 85.8 Å². The molecule has 0 amide bonds. The summed E-state index contributed by atoms with van der Waals surface area (Å²) in [5, 5.41) is 3.73. The first-order valence-electron chi connectivity index (χ1n) is 32.6. The lowest BCUT2D eigenvalue weighted by Gasteiger charge is -2.13. The summed E-state index contributed by atoms with van der Waals surface area (Å²) in [6.45, 7) is 9.18. The first-order valence-corrected chi connectivity index (χ1v) is 32.6. The molecule has 0 atom stereocenters. The molecule has 80 heavy (non-hydrogen) atoms. The van der Waals surface area contributed by atoms with E-state index in [1.807, 2.05) is 24.8 Å². The number of fused-ring (bicyclic) bond motifs is 20. The minimum absolute atomic E-state index is 0.688. The van der Waals surface area contributed by atoms with E-state index in [9.17, 15) is 0 Å². The Morgan fingerprint density at radius 3 is 0.762 bits per heavy atom. The summed E-state index contributed by atoms with van der Waals surface area (Å²) < 4.78 is 0. The molecule has 7 aromatic rings. The maximum atomic E-state index is 5.59. The quantitative estimate of drug-likeness (QED) is 0.0371. The Morgan fingerprint density at radius 2 is 0.500 bits per heavy atom. The number of rotatable bonds is 36. The molecule has 426 valence electrons. The average Bonchev–Trinajstić information content (AvgIpc) is 4.30. The number of nitrogens with one attached hydrogen (secondary N) is 2. The van der Waals surface area contributed by atoms with E-state index in [1.54, 1.807) is 0 Å². The monoisotopic (exact) mass is 1080 g/mol. The van der Waals surface area contributed by atoms with Crippen molar-refractivity contribution in [2.45, 2.75) is 259 Å². The van der Waals surface area contributed by atoms with Gasteiger partial charge in [0.1, 0.15) is 22.6 Å². The normalized spacial score (nSPS) is 12.1. The number of H-pyrrole nitrogens is 2. The standard InChI is InChI=1S/C70H96N10/c1-5-9-13-17-21-25-29-33-37-51-41-42-52(38-34-30-26-22-18-14-10-6-2)60-59(51)67-75-63-55-45-47-71-49-57(55)65(73-63)77-69-61-53(39-35-31-27-23-19-15-11-7-3)43-44-54(40-36-32-28-24-20-16-12-8-4)62(61)70(80-69)78-66-58-50-72-48-46-56(58)64(74-66)76-68(60)79-67/h41-50H,5-40H2,1-4H3,(H2,73,74,75,76,77,78,79,80). The summed E-state index contributed by atoms with van der Waals surface area (Å²) >= 11 is 0. The molecule has 2 aliphatic heterocycles. The zero-order chi connectivity index (χ0) is 55.1. The van der Waals surface area contributed by atoms with Crippen molar-refractivity contribution < 1.29 is 0 Å². The lowest BCUT2D eigenvalue weighted by Crippen LogP contribution is -1.98. The largest absolute Gasteiger partial charge is 0.324 e. The number of pyridine rings is 2. The molecular weight excluding hydrogens is 981 g/mol. The van der Waals surface area contributed by atoms with Gasteiger partial charge in [-0.2, -0.15) is 0 Å². The highest BCUT2D eigenvalue weighted by Crippen LogP contribution is 2.43. The van der Waals surface area contributed by atoms with Crippen LogP contribution in [0, 0.1) is 0 Å². The van der Waals surface area contributed by atoms with Crippen LogP contribution in [-0.2, 0) is 25.7 Å². The molecule has 10 nitrogen and oxygen atoms in total. The Labute approximate surface area is 479 Å². The summed E-state index contributed by atoms with van der Waals surface area (Å²) in [5.74, 6) is 2.77. The molecule has 0 unspecified atom stereocenters. The Bertz CT molecular complexity index is 2800. The molecule has 5 aromatic heterocycles. The third-order valence-corrected chi connectivity index (χ3v) is 17.3. The predicted octanol–water partition coefficient (Wildman–Crippen LogP) is 20.4. The van der Waals surface area contributed by atoms with Crippen LogP contribution in [0.3, 0.4) is 0 Å². The summed E-state index contributed by atoms with van der Waals surface area (Å²) in [4.78, 5) is 50.2. The van der Waals surface area contributed by atoms with Gasteiger partial charge < -0.3 is 9.97 Å². The summed E-state index contributed by atoms with van der Waals surface area (Å²) in [7, 11) is 0. The second-order valence-electron chi connectivity index (χ2n) is 23.6. The van der Waals surface area contributed by atoms with Crippen molar-refractivity contribution in [2.24, 2.45) is 0 Å². The third-order valence-electron chi connectivity index (χ3n) is 17.3.